The van der Waals surface area contributed by atoms with Crippen molar-refractivity contribution >= 4 is 30.9 Å². The summed E-state index contributed by atoms with van der Waals surface area (Å²) in [7, 11) is 0. The lowest BCUT2D eigenvalue weighted by molar-refractivity contribution is 1.32. The van der Waals surface area contributed by atoms with E-state index in [1.165, 1.54) is 0 Å². The predicted octanol–water partition coefficient (Wildman–Crippen LogP) is 1.72. The number of nitrogens with zero attached hydrogens (tertiary/aromatic N) is 1. The quantitative estimate of drug-likeness (QED) is 0.422. The first-order valence-electron chi connectivity index (χ1n) is 2.86. The van der Waals surface area contributed by atoms with Gasteiger partial charge in [-0.1, -0.05) is 0 Å². The van der Waals surface area contributed by atoms with Gasteiger partial charge in [-0.2, -0.15) is 5.26 Å². The highest BCUT2D eigenvalue weighted by molar-refractivity contribution is 7.81. The van der Waals surface area contributed by atoms with E-state index >= 15 is 0 Å². The molecule has 0 unspecified atom stereocenters. The lowest BCUT2D eigenvalue weighted by Crippen LogP contribution is -1.89. The largest absolute Gasteiger partial charge is 0.397 e. The van der Waals surface area contributed by atoms with Crippen LogP contribution in [-0.4, -0.2) is 0 Å². The molecule has 1 rings (SSSR count). The summed E-state index contributed by atoms with van der Waals surface area (Å²) in [4.78, 5) is 1.18. The molecular weight excluding hydrogens is 176 g/mol. The summed E-state index contributed by atoms with van der Waals surface area (Å²) in [6.45, 7) is 0. The Morgan fingerprint density at radius 2 is 1.73 bits per heavy atom. The number of hydrogen-bond donors (Lipinski definition) is 3. The summed E-state index contributed by atoms with van der Waals surface area (Å²) in [6.07, 6.45) is 0. The molecule has 1 aromatic rings. The van der Waals surface area contributed by atoms with Crippen LogP contribution in [0.5, 0.6) is 0 Å². The fourth-order valence-corrected chi connectivity index (χ4v) is 1.29. The molecule has 0 saturated carbocycles. The number of nitrogen functional groups attached to an aromatic ring is 1. The molecule has 0 heterocycles. The van der Waals surface area contributed by atoms with E-state index in [4.69, 9.17) is 11.0 Å². The molecule has 56 valence electrons. The van der Waals surface area contributed by atoms with Crippen LogP contribution in [0.15, 0.2) is 21.9 Å². The fraction of sp³-hybridized carbons (Fsp3) is 0. The molecule has 0 radical (unpaired) electrons. The molecule has 0 atom stereocenters. The maximum Gasteiger partial charge on any atom is 0.0992 e. The van der Waals surface area contributed by atoms with Crippen LogP contribution >= 0.6 is 25.3 Å². The van der Waals surface area contributed by atoms with Gasteiger partial charge in [0.05, 0.1) is 17.3 Å². The van der Waals surface area contributed by atoms with E-state index in [-0.39, 0.29) is 0 Å². The first kappa shape index (κ1) is 8.31. The van der Waals surface area contributed by atoms with Gasteiger partial charge in [-0.25, -0.2) is 0 Å². The molecule has 0 spiro atoms. The Kier molecular flexibility index (Phi) is 2.32. The van der Waals surface area contributed by atoms with Crippen molar-refractivity contribution in [2.24, 2.45) is 0 Å². The lowest BCUT2D eigenvalue weighted by atomic mass is 10.2. The highest BCUT2D eigenvalue weighted by Gasteiger charge is 2.01. The molecule has 4 heteroatoms. The first-order valence-corrected chi connectivity index (χ1v) is 3.76. The Morgan fingerprint density at radius 1 is 1.27 bits per heavy atom. The van der Waals surface area contributed by atoms with E-state index in [2.05, 4.69) is 25.3 Å². The van der Waals surface area contributed by atoms with Crippen LogP contribution in [0.2, 0.25) is 0 Å². The molecule has 0 aliphatic rings. The van der Waals surface area contributed by atoms with Crippen LogP contribution in [0.25, 0.3) is 0 Å². The SMILES string of the molecule is N#Cc1cc(S)c(N)c(S)c1. The third-order valence-corrected chi connectivity index (χ3v) is 2.01. The summed E-state index contributed by atoms with van der Waals surface area (Å²) >= 11 is 8.13. The van der Waals surface area contributed by atoms with E-state index < -0.39 is 0 Å². The molecule has 1 aromatic carbocycles. The second-order valence-electron chi connectivity index (χ2n) is 2.04. The molecule has 0 aromatic heterocycles. The maximum absolute atomic E-state index is 8.52. The lowest BCUT2D eigenvalue weighted by Gasteiger charge is -2.01. The third kappa shape index (κ3) is 1.62. The zero-order chi connectivity index (χ0) is 8.43. The van der Waals surface area contributed by atoms with Gasteiger partial charge < -0.3 is 5.73 Å². The van der Waals surface area contributed by atoms with Gasteiger partial charge in [-0.05, 0) is 12.1 Å². The Bertz CT molecular complexity index is 305. The summed E-state index contributed by atoms with van der Waals surface area (Å²) in [5, 5.41) is 8.52. The van der Waals surface area contributed by atoms with Gasteiger partial charge in [0.25, 0.3) is 0 Å². The van der Waals surface area contributed by atoms with Crippen LogP contribution in [-0.2, 0) is 0 Å². The van der Waals surface area contributed by atoms with Crippen LogP contribution in [0, 0.1) is 11.3 Å². The molecule has 0 saturated heterocycles. The second-order valence-corrected chi connectivity index (χ2v) is 3.00. The molecule has 11 heavy (non-hydrogen) atoms. The van der Waals surface area contributed by atoms with Gasteiger partial charge in [-0.15, -0.1) is 25.3 Å². The Balaban J connectivity index is 3.35. The van der Waals surface area contributed by atoms with E-state index in [9.17, 15) is 0 Å². The van der Waals surface area contributed by atoms with Crippen molar-refractivity contribution in [2.75, 3.05) is 5.73 Å². The summed E-state index contributed by atoms with van der Waals surface area (Å²) in [5.41, 5.74) is 6.58. The van der Waals surface area contributed by atoms with Crippen molar-refractivity contribution in [3.05, 3.63) is 17.7 Å². The molecule has 0 fully saturated rings. The summed E-state index contributed by atoms with van der Waals surface area (Å²) in [6, 6.07) is 5.20. The molecular formula is C7H6N2S2. The maximum atomic E-state index is 8.52. The molecule has 0 amide bonds. The van der Waals surface area contributed by atoms with E-state index in [1.54, 1.807) is 12.1 Å². The zero-order valence-corrected chi connectivity index (χ0v) is 7.36. The normalized spacial score (nSPS) is 9.18. The van der Waals surface area contributed by atoms with Crippen LogP contribution in [0.1, 0.15) is 5.56 Å². The van der Waals surface area contributed by atoms with Gasteiger partial charge in [0.1, 0.15) is 0 Å². The predicted molar refractivity (Wildman–Crippen MR) is 50.1 cm³/mol. The van der Waals surface area contributed by atoms with Crippen molar-refractivity contribution in [2.45, 2.75) is 9.79 Å². The van der Waals surface area contributed by atoms with Crippen LogP contribution in [0.4, 0.5) is 5.69 Å². The van der Waals surface area contributed by atoms with Gasteiger partial charge in [0, 0.05) is 9.79 Å². The van der Waals surface area contributed by atoms with E-state index in [0.29, 0.717) is 21.0 Å². The second kappa shape index (κ2) is 3.07. The Morgan fingerprint density at radius 3 is 2.09 bits per heavy atom. The van der Waals surface area contributed by atoms with Gasteiger partial charge >= 0.3 is 0 Å². The Labute approximate surface area is 75.8 Å². The fourth-order valence-electron chi connectivity index (χ4n) is 0.688. The van der Waals surface area contributed by atoms with E-state index in [0.717, 1.165) is 0 Å². The summed E-state index contributed by atoms with van der Waals surface area (Å²) in [5.74, 6) is 0. The molecule has 2 N–H and O–H groups in total. The van der Waals surface area contributed by atoms with Gasteiger partial charge in [0.15, 0.2) is 0 Å². The number of hydrogen-bond acceptors (Lipinski definition) is 4. The van der Waals surface area contributed by atoms with Crippen LogP contribution in [0.3, 0.4) is 0 Å². The molecule has 0 bridgehead atoms. The zero-order valence-electron chi connectivity index (χ0n) is 5.57. The minimum Gasteiger partial charge on any atom is -0.397 e. The minimum atomic E-state index is 0.510. The number of anilines is 1. The average Bonchev–Trinajstić information content (AvgIpc) is 1.99. The standard InChI is InChI=1S/C7H6N2S2/c8-3-4-1-5(10)7(9)6(11)2-4/h1-2,10-11H,9H2. The van der Waals surface area contributed by atoms with Crippen molar-refractivity contribution in [3.8, 4) is 6.07 Å². The number of rotatable bonds is 0. The van der Waals surface area contributed by atoms with E-state index in [1.807, 2.05) is 6.07 Å². The first-order chi connectivity index (χ1) is 5.15. The number of nitriles is 1. The molecule has 2 nitrogen and oxygen atoms in total. The number of thiol groups is 2. The van der Waals surface area contributed by atoms with Crippen molar-refractivity contribution in [3.63, 3.8) is 0 Å². The third-order valence-electron chi connectivity index (χ3n) is 1.27. The highest BCUT2D eigenvalue weighted by Crippen LogP contribution is 2.25. The number of benzene rings is 1. The van der Waals surface area contributed by atoms with Gasteiger partial charge in [-0.3, -0.25) is 0 Å². The van der Waals surface area contributed by atoms with Gasteiger partial charge in [0.2, 0.25) is 0 Å². The summed E-state index contributed by atoms with van der Waals surface area (Å²) < 4.78 is 0. The molecule has 0 aliphatic heterocycles. The monoisotopic (exact) mass is 182 g/mol. The minimum absolute atomic E-state index is 0.510. The topological polar surface area (TPSA) is 49.8 Å². The van der Waals surface area contributed by atoms with Crippen molar-refractivity contribution in [1.82, 2.24) is 0 Å². The van der Waals surface area contributed by atoms with Crippen molar-refractivity contribution < 1.29 is 0 Å². The smallest absolute Gasteiger partial charge is 0.0992 e. The number of nitrogens with two attached hydrogens (primary N) is 1. The van der Waals surface area contributed by atoms with Crippen molar-refractivity contribution in [1.29, 1.82) is 5.26 Å². The molecule has 0 aliphatic carbocycles. The highest BCUT2D eigenvalue weighted by atomic mass is 32.1. The average molecular weight is 182 g/mol. The van der Waals surface area contributed by atoms with Crippen LogP contribution < -0.4 is 5.73 Å². The Hall–Kier alpha value is -0.790.